The fourth-order valence-electron chi connectivity index (χ4n) is 2.47. The molecule has 1 aromatic carbocycles. The van der Waals surface area contributed by atoms with Gasteiger partial charge in [0.25, 0.3) is 0 Å². The smallest absolute Gasteiger partial charge is 0.0547 e. The Bertz CT molecular complexity index is 580. The summed E-state index contributed by atoms with van der Waals surface area (Å²) in [6, 6.07) is 14.7. The van der Waals surface area contributed by atoms with Gasteiger partial charge in [0, 0.05) is 24.8 Å². The molecule has 1 aromatic heterocycles. The summed E-state index contributed by atoms with van der Waals surface area (Å²) in [4.78, 5) is 6.81. The van der Waals surface area contributed by atoms with E-state index in [2.05, 4.69) is 60.3 Å². The van der Waals surface area contributed by atoms with Crippen LogP contribution in [-0.2, 0) is 6.54 Å². The molecular formula is C18H25N3. The number of hydrogen-bond acceptors (Lipinski definition) is 3. The average molecular weight is 283 g/mol. The molecule has 1 heterocycles. The van der Waals surface area contributed by atoms with Crippen LogP contribution >= 0.6 is 0 Å². The first-order chi connectivity index (χ1) is 10.0. The van der Waals surface area contributed by atoms with Crippen LogP contribution in [0.1, 0.15) is 35.0 Å². The summed E-state index contributed by atoms with van der Waals surface area (Å²) in [5.74, 6) is 0. The maximum Gasteiger partial charge on any atom is 0.0547 e. The minimum Gasteiger partial charge on any atom is -0.324 e. The number of hydrogen-bond donors (Lipinski definition) is 1. The first kappa shape index (κ1) is 15.7. The molecule has 112 valence electrons. The number of pyridine rings is 1. The van der Waals surface area contributed by atoms with Crippen LogP contribution in [-0.4, -0.2) is 23.5 Å². The number of aromatic nitrogens is 1. The van der Waals surface area contributed by atoms with Crippen molar-refractivity contribution in [2.45, 2.75) is 32.9 Å². The first-order valence-electron chi connectivity index (χ1n) is 7.48. The highest BCUT2D eigenvalue weighted by Gasteiger charge is 2.08. The van der Waals surface area contributed by atoms with Crippen LogP contribution in [0.25, 0.3) is 0 Å². The lowest BCUT2D eigenvalue weighted by atomic mass is 10.0. The normalized spacial score (nSPS) is 12.6. The summed E-state index contributed by atoms with van der Waals surface area (Å²) in [5.41, 5.74) is 11.0. The van der Waals surface area contributed by atoms with E-state index < -0.39 is 0 Å². The standard InChI is InChI=1S/C18H25N3/c1-14-6-4-8-16(12-14)18(19)10-11-21(3)13-17-9-5-7-15(2)20-17/h4-9,12,18H,10-11,13,19H2,1-3H3. The maximum absolute atomic E-state index is 6.29. The zero-order valence-electron chi connectivity index (χ0n) is 13.2. The van der Waals surface area contributed by atoms with Crippen molar-refractivity contribution < 1.29 is 0 Å². The highest BCUT2D eigenvalue weighted by molar-refractivity contribution is 5.24. The van der Waals surface area contributed by atoms with E-state index in [1.54, 1.807) is 0 Å². The molecule has 2 N–H and O–H groups in total. The zero-order valence-corrected chi connectivity index (χ0v) is 13.2. The van der Waals surface area contributed by atoms with Crippen molar-refractivity contribution in [1.82, 2.24) is 9.88 Å². The Morgan fingerprint density at radius 3 is 2.62 bits per heavy atom. The van der Waals surface area contributed by atoms with E-state index in [-0.39, 0.29) is 6.04 Å². The Kier molecular flexibility index (Phi) is 5.48. The van der Waals surface area contributed by atoms with Crippen LogP contribution in [0.4, 0.5) is 0 Å². The Morgan fingerprint density at radius 1 is 1.14 bits per heavy atom. The molecule has 3 nitrogen and oxygen atoms in total. The molecule has 0 bridgehead atoms. The van der Waals surface area contributed by atoms with Crippen LogP contribution in [0, 0.1) is 13.8 Å². The van der Waals surface area contributed by atoms with Gasteiger partial charge in [0.05, 0.1) is 5.69 Å². The predicted octanol–water partition coefficient (Wildman–Crippen LogP) is 3.22. The van der Waals surface area contributed by atoms with Gasteiger partial charge >= 0.3 is 0 Å². The Morgan fingerprint density at radius 2 is 1.90 bits per heavy atom. The molecule has 0 fully saturated rings. The van der Waals surface area contributed by atoms with Gasteiger partial charge in [-0.3, -0.25) is 4.98 Å². The van der Waals surface area contributed by atoms with Gasteiger partial charge in [0.1, 0.15) is 0 Å². The quantitative estimate of drug-likeness (QED) is 0.885. The second-order valence-corrected chi connectivity index (χ2v) is 5.82. The molecule has 0 aliphatic carbocycles. The van der Waals surface area contributed by atoms with E-state index in [1.807, 2.05) is 13.0 Å². The molecule has 2 aromatic rings. The van der Waals surface area contributed by atoms with E-state index in [4.69, 9.17) is 5.73 Å². The molecule has 21 heavy (non-hydrogen) atoms. The third-order valence-electron chi connectivity index (χ3n) is 3.67. The number of nitrogens with two attached hydrogens (primary N) is 1. The van der Waals surface area contributed by atoms with E-state index in [0.717, 1.165) is 30.9 Å². The Balaban J connectivity index is 1.85. The van der Waals surface area contributed by atoms with Gasteiger partial charge < -0.3 is 10.6 Å². The van der Waals surface area contributed by atoms with E-state index in [1.165, 1.54) is 11.1 Å². The molecule has 3 heteroatoms. The Labute approximate surface area is 127 Å². The van der Waals surface area contributed by atoms with E-state index >= 15 is 0 Å². The van der Waals surface area contributed by atoms with Crippen LogP contribution in [0.3, 0.4) is 0 Å². The van der Waals surface area contributed by atoms with Gasteiger partial charge in [0.15, 0.2) is 0 Å². The third kappa shape index (κ3) is 4.96. The summed E-state index contributed by atoms with van der Waals surface area (Å²) in [6.45, 7) is 5.95. The second kappa shape index (κ2) is 7.34. The van der Waals surface area contributed by atoms with Crippen molar-refractivity contribution in [1.29, 1.82) is 0 Å². The average Bonchev–Trinajstić information content (AvgIpc) is 2.45. The summed E-state index contributed by atoms with van der Waals surface area (Å²) in [5, 5.41) is 0. The lowest BCUT2D eigenvalue weighted by Gasteiger charge is -2.19. The molecule has 2 rings (SSSR count). The third-order valence-corrected chi connectivity index (χ3v) is 3.67. The number of benzene rings is 1. The van der Waals surface area contributed by atoms with Crippen LogP contribution < -0.4 is 5.73 Å². The predicted molar refractivity (Wildman–Crippen MR) is 88.0 cm³/mol. The first-order valence-corrected chi connectivity index (χ1v) is 7.48. The van der Waals surface area contributed by atoms with Gasteiger partial charge in [0.2, 0.25) is 0 Å². The van der Waals surface area contributed by atoms with Gasteiger partial charge in [-0.1, -0.05) is 35.9 Å². The largest absolute Gasteiger partial charge is 0.324 e. The molecule has 1 unspecified atom stereocenters. The van der Waals surface area contributed by atoms with Crippen molar-refractivity contribution in [2.75, 3.05) is 13.6 Å². The monoisotopic (exact) mass is 283 g/mol. The zero-order chi connectivity index (χ0) is 15.2. The fourth-order valence-corrected chi connectivity index (χ4v) is 2.47. The SMILES string of the molecule is Cc1cccc(C(N)CCN(C)Cc2cccc(C)n2)c1. The summed E-state index contributed by atoms with van der Waals surface area (Å²) >= 11 is 0. The van der Waals surface area contributed by atoms with Gasteiger partial charge in [-0.05, 0) is 45.0 Å². The van der Waals surface area contributed by atoms with Gasteiger partial charge in [-0.15, -0.1) is 0 Å². The molecule has 1 atom stereocenters. The lowest BCUT2D eigenvalue weighted by molar-refractivity contribution is 0.308. The number of aryl methyl sites for hydroxylation is 2. The highest BCUT2D eigenvalue weighted by atomic mass is 15.1. The molecule has 0 saturated carbocycles. The van der Waals surface area contributed by atoms with E-state index in [0.29, 0.717) is 0 Å². The lowest BCUT2D eigenvalue weighted by Crippen LogP contribution is -2.24. The topological polar surface area (TPSA) is 42.1 Å². The van der Waals surface area contributed by atoms with Crippen LogP contribution in [0.15, 0.2) is 42.5 Å². The molecule has 0 radical (unpaired) electrons. The number of nitrogens with zero attached hydrogens (tertiary/aromatic N) is 2. The highest BCUT2D eigenvalue weighted by Crippen LogP contribution is 2.16. The van der Waals surface area contributed by atoms with Gasteiger partial charge in [-0.2, -0.15) is 0 Å². The molecule has 0 saturated heterocycles. The van der Waals surface area contributed by atoms with Crippen LogP contribution in [0.2, 0.25) is 0 Å². The van der Waals surface area contributed by atoms with Crippen molar-refractivity contribution in [3.8, 4) is 0 Å². The van der Waals surface area contributed by atoms with Crippen molar-refractivity contribution in [3.05, 3.63) is 65.0 Å². The summed E-state index contributed by atoms with van der Waals surface area (Å²) < 4.78 is 0. The van der Waals surface area contributed by atoms with Crippen molar-refractivity contribution >= 4 is 0 Å². The fraction of sp³-hybridized carbons (Fsp3) is 0.389. The molecule has 0 aliphatic rings. The second-order valence-electron chi connectivity index (χ2n) is 5.82. The Hall–Kier alpha value is -1.71. The van der Waals surface area contributed by atoms with Crippen molar-refractivity contribution in [2.24, 2.45) is 5.73 Å². The summed E-state index contributed by atoms with van der Waals surface area (Å²) in [7, 11) is 2.12. The summed E-state index contributed by atoms with van der Waals surface area (Å²) in [6.07, 6.45) is 0.950. The van der Waals surface area contributed by atoms with Gasteiger partial charge in [-0.25, -0.2) is 0 Å². The minimum absolute atomic E-state index is 0.0952. The maximum atomic E-state index is 6.29. The molecule has 0 amide bonds. The minimum atomic E-state index is 0.0952. The van der Waals surface area contributed by atoms with Crippen LogP contribution in [0.5, 0.6) is 0 Å². The molecule has 0 spiro atoms. The van der Waals surface area contributed by atoms with E-state index in [9.17, 15) is 0 Å². The molecular weight excluding hydrogens is 258 g/mol. The van der Waals surface area contributed by atoms with Crippen molar-refractivity contribution in [3.63, 3.8) is 0 Å². The molecule has 0 aliphatic heterocycles. The number of rotatable bonds is 6.